The predicted molar refractivity (Wildman–Crippen MR) is 120 cm³/mol. The van der Waals surface area contributed by atoms with Gasteiger partial charge in [-0.25, -0.2) is 4.68 Å². The molecule has 2 aromatic heterocycles. The van der Waals surface area contributed by atoms with E-state index in [0.717, 1.165) is 34.9 Å². The molecule has 0 aliphatic rings. The summed E-state index contributed by atoms with van der Waals surface area (Å²) in [5.74, 6) is 0.667. The Morgan fingerprint density at radius 1 is 1.06 bits per heavy atom. The van der Waals surface area contributed by atoms with Crippen molar-refractivity contribution in [3.05, 3.63) is 83.4 Å². The van der Waals surface area contributed by atoms with Gasteiger partial charge in [-0.15, -0.1) is 10.2 Å². The van der Waals surface area contributed by atoms with Gasteiger partial charge in [0.15, 0.2) is 5.82 Å². The zero-order chi connectivity index (χ0) is 22.0. The van der Waals surface area contributed by atoms with Crippen LogP contribution in [-0.4, -0.2) is 30.5 Å². The van der Waals surface area contributed by atoms with E-state index in [-0.39, 0.29) is 11.9 Å². The number of rotatable bonds is 6. The molecular weight excluding hydrogens is 388 g/mol. The van der Waals surface area contributed by atoms with Crippen molar-refractivity contribution in [1.29, 1.82) is 0 Å². The Morgan fingerprint density at radius 3 is 2.45 bits per heavy atom. The zero-order valence-electron chi connectivity index (χ0n) is 18.2. The third-order valence-corrected chi connectivity index (χ3v) is 5.50. The number of benzene rings is 2. The van der Waals surface area contributed by atoms with Gasteiger partial charge in [-0.2, -0.15) is 5.10 Å². The zero-order valence-corrected chi connectivity index (χ0v) is 18.2. The van der Waals surface area contributed by atoms with Crippen molar-refractivity contribution in [2.45, 2.75) is 40.3 Å². The summed E-state index contributed by atoms with van der Waals surface area (Å²) in [5, 5.41) is 15.7. The molecule has 0 radical (unpaired) electrons. The number of amides is 1. The highest BCUT2D eigenvalue weighted by Gasteiger charge is 2.17. The molecule has 7 heteroatoms. The van der Waals surface area contributed by atoms with E-state index in [1.807, 2.05) is 72.6 Å². The lowest BCUT2D eigenvalue weighted by atomic mass is 10.1. The maximum atomic E-state index is 12.8. The average Bonchev–Trinajstić information content (AvgIpc) is 3.41. The van der Waals surface area contributed by atoms with E-state index in [9.17, 15) is 4.79 Å². The normalized spacial score (nSPS) is 12.0. The Hall–Kier alpha value is -3.74. The molecule has 1 N–H and O–H groups in total. The summed E-state index contributed by atoms with van der Waals surface area (Å²) in [6.45, 7) is 8.88. The summed E-state index contributed by atoms with van der Waals surface area (Å²) in [5.41, 5.74) is 5.73. The first-order chi connectivity index (χ1) is 15.0. The van der Waals surface area contributed by atoms with Crippen LogP contribution in [0.15, 0.2) is 61.1 Å². The first-order valence-electron chi connectivity index (χ1n) is 10.4. The van der Waals surface area contributed by atoms with E-state index < -0.39 is 0 Å². The average molecular weight is 415 g/mol. The van der Waals surface area contributed by atoms with E-state index in [4.69, 9.17) is 0 Å². The smallest absolute Gasteiger partial charge is 0.251 e. The molecule has 0 spiro atoms. The number of hydrogen-bond acceptors (Lipinski definition) is 4. The maximum absolute atomic E-state index is 12.8. The number of carbonyl (C=O) groups excluding carboxylic acids is 1. The molecule has 7 nitrogen and oxygen atoms in total. The number of nitrogens with zero attached hydrogens (tertiary/aromatic N) is 5. The van der Waals surface area contributed by atoms with Gasteiger partial charge in [0.2, 0.25) is 0 Å². The Labute approximate surface area is 181 Å². The fourth-order valence-electron chi connectivity index (χ4n) is 3.63. The van der Waals surface area contributed by atoms with Crippen LogP contribution in [0.5, 0.6) is 0 Å². The van der Waals surface area contributed by atoms with Gasteiger partial charge in [0.05, 0.1) is 17.9 Å². The second kappa shape index (κ2) is 8.55. The van der Waals surface area contributed by atoms with Crippen LogP contribution in [0.3, 0.4) is 0 Å². The Balaban J connectivity index is 1.48. The highest BCUT2D eigenvalue weighted by atomic mass is 16.1. The molecule has 0 aliphatic heterocycles. The minimum atomic E-state index is -0.172. The minimum absolute atomic E-state index is 0.126. The number of carbonyl (C=O) groups is 1. The maximum Gasteiger partial charge on any atom is 0.251 e. The molecule has 1 atom stereocenters. The lowest BCUT2D eigenvalue weighted by Crippen LogP contribution is -2.26. The van der Waals surface area contributed by atoms with Crippen LogP contribution in [0.4, 0.5) is 0 Å². The van der Waals surface area contributed by atoms with E-state index in [0.29, 0.717) is 5.56 Å². The van der Waals surface area contributed by atoms with Gasteiger partial charge in [0, 0.05) is 28.9 Å². The highest BCUT2D eigenvalue weighted by molar-refractivity contribution is 5.94. The first kappa shape index (κ1) is 20.5. The first-order valence-corrected chi connectivity index (χ1v) is 10.4. The van der Waals surface area contributed by atoms with Crippen LogP contribution >= 0.6 is 0 Å². The molecule has 0 fully saturated rings. The molecule has 2 heterocycles. The molecule has 0 saturated carbocycles. The number of aromatic nitrogens is 5. The second-order valence-corrected chi connectivity index (χ2v) is 7.65. The van der Waals surface area contributed by atoms with Crippen molar-refractivity contribution in [3.8, 4) is 17.1 Å². The summed E-state index contributed by atoms with van der Waals surface area (Å²) in [7, 11) is 0. The van der Waals surface area contributed by atoms with Crippen LogP contribution < -0.4 is 5.32 Å². The fraction of sp³-hybridized carbons (Fsp3) is 0.250. The van der Waals surface area contributed by atoms with E-state index in [1.54, 1.807) is 6.33 Å². The third kappa shape index (κ3) is 4.12. The lowest BCUT2D eigenvalue weighted by Gasteiger charge is -2.14. The fourth-order valence-corrected chi connectivity index (χ4v) is 3.63. The van der Waals surface area contributed by atoms with E-state index in [2.05, 4.69) is 39.7 Å². The van der Waals surface area contributed by atoms with Crippen molar-refractivity contribution in [2.75, 3.05) is 0 Å². The van der Waals surface area contributed by atoms with Gasteiger partial charge >= 0.3 is 0 Å². The summed E-state index contributed by atoms with van der Waals surface area (Å²) in [6, 6.07) is 15.5. The minimum Gasteiger partial charge on any atom is -0.345 e. The molecule has 0 unspecified atom stereocenters. The molecule has 4 aromatic rings. The standard InChI is InChI=1S/C24H26N6O/c1-5-29-15-25-28-23(29)19-8-10-20(11-9-19)24(31)27-17(3)22-14-26-30(18(22)4)21-12-6-16(2)7-13-21/h6-15,17H,5H2,1-4H3,(H,27,31)/t17-/m1/s1. The molecule has 1 amide bonds. The SMILES string of the molecule is CCn1cnnc1-c1ccc(C(=O)N[C@H](C)c2cnn(-c3ccc(C)cc3)c2C)cc1. The molecule has 0 saturated heterocycles. The Morgan fingerprint density at radius 2 is 1.77 bits per heavy atom. The van der Waals surface area contributed by atoms with Crippen LogP contribution in [0.25, 0.3) is 17.1 Å². The second-order valence-electron chi connectivity index (χ2n) is 7.65. The van der Waals surface area contributed by atoms with E-state index >= 15 is 0 Å². The van der Waals surface area contributed by atoms with Gasteiger partial charge in [-0.3, -0.25) is 4.79 Å². The third-order valence-electron chi connectivity index (χ3n) is 5.50. The molecule has 31 heavy (non-hydrogen) atoms. The van der Waals surface area contributed by atoms with Crippen molar-refractivity contribution >= 4 is 5.91 Å². The van der Waals surface area contributed by atoms with Gasteiger partial charge in [-0.1, -0.05) is 29.8 Å². The van der Waals surface area contributed by atoms with Crippen LogP contribution in [0.1, 0.15) is 47.1 Å². The van der Waals surface area contributed by atoms with Crippen molar-refractivity contribution < 1.29 is 4.79 Å². The summed E-state index contributed by atoms with van der Waals surface area (Å²) < 4.78 is 3.86. The molecule has 0 aliphatic carbocycles. The molecular formula is C24H26N6O. The quantitative estimate of drug-likeness (QED) is 0.511. The molecule has 158 valence electrons. The van der Waals surface area contributed by atoms with E-state index in [1.165, 1.54) is 5.56 Å². The largest absolute Gasteiger partial charge is 0.345 e. The topological polar surface area (TPSA) is 77.6 Å². The van der Waals surface area contributed by atoms with Crippen LogP contribution in [0, 0.1) is 13.8 Å². The Bertz CT molecular complexity index is 1190. The van der Waals surface area contributed by atoms with Gasteiger partial charge in [-0.05, 0) is 52.0 Å². The predicted octanol–water partition coefficient (Wildman–Crippen LogP) is 4.26. The van der Waals surface area contributed by atoms with Crippen LogP contribution in [0.2, 0.25) is 0 Å². The highest BCUT2D eigenvalue weighted by Crippen LogP contribution is 2.22. The van der Waals surface area contributed by atoms with Gasteiger partial charge in [0.1, 0.15) is 6.33 Å². The number of hydrogen-bond donors (Lipinski definition) is 1. The van der Waals surface area contributed by atoms with Crippen LogP contribution in [-0.2, 0) is 6.54 Å². The van der Waals surface area contributed by atoms with Crippen molar-refractivity contribution in [1.82, 2.24) is 29.9 Å². The summed E-state index contributed by atoms with van der Waals surface area (Å²) in [4.78, 5) is 12.8. The lowest BCUT2D eigenvalue weighted by molar-refractivity contribution is 0.0940. The van der Waals surface area contributed by atoms with Gasteiger partial charge < -0.3 is 9.88 Å². The van der Waals surface area contributed by atoms with Crippen molar-refractivity contribution in [3.63, 3.8) is 0 Å². The number of nitrogens with one attached hydrogen (secondary N) is 1. The summed E-state index contributed by atoms with van der Waals surface area (Å²) >= 11 is 0. The summed E-state index contributed by atoms with van der Waals surface area (Å²) in [6.07, 6.45) is 3.53. The van der Waals surface area contributed by atoms with Gasteiger partial charge in [0.25, 0.3) is 5.91 Å². The number of aryl methyl sites for hydroxylation is 2. The Kier molecular flexibility index (Phi) is 5.66. The monoisotopic (exact) mass is 414 g/mol. The molecule has 0 bridgehead atoms. The molecule has 2 aromatic carbocycles. The molecule has 4 rings (SSSR count). The van der Waals surface area contributed by atoms with Crippen molar-refractivity contribution in [2.24, 2.45) is 0 Å².